The van der Waals surface area contributed by atoms with Gasteiger partial charge in [0.1, 0.15) is 5.75 Å². The van der Waals surface area contributed by atoms with Gasteiger partial charge in [-0.05, 0) is 42.7 Å². The number of halogens is 1. The Morgan fingerprint density at radius 1 is 1.16 bits per heavy atom. The lowest BCUT2D eigenvalue weighted by molar-refractivity contribution is 0.416. The molecule has 3 heteroatoms. The smallest absolute Gasteiger partial charge is 0.126 e. The summed E-state index contributed by atoms with van der Waals surface area (Å²) in [4.78, 5) is 0. The van der Waals surface area contributed by atoms with Gasteiger partial charge in [-0.1, -0.05) is 35.9 Å². The van der Waals surface area contributed by atoms with Crippen molar-refractivity contribution in [3.05, 3.63) is 53.1 Å². The summed E-state index contributed by atoms with van der Waals surface area (Å²) < 4.78 is 5.37. The Morgan fingerprint density at radius 3 is 2.42 bits per heavy atom. The Kier molecular flexibility index (Phi) is 4.46. The lowest BCUT2D eigenvalue weighted by Gasteiger charge is -2.10. The second kappa shape index (κ2) is 6.09. The molecule has 0 heterocycles. The highest BCUT2D eigenvalue weighted by molar-refractivity contribution is 6.31. The van der Waals surface area contributed by atoms with E-state index in [-0.39, 0.29) is 6.04 Å². The maximum absolute atomic E-state index is 6.05. The van der Waals surface area contributed by atoms with Crippen LogP contribution in [0, 0.1) is 0 Å². The lowest BCUT2D eigenvalue weighted by atomic mass is 10.0. The van der Waals surface area contributed by atoms with Gasteiger partial charge in [0.15, 0.2) is 0 Å². The first kappa shape index (κ1) is 13.9. The number of ether oxygens (including phenoxy) is 1. The van der Waals surface area contributed by atoms with Crippen molar-refractivity contribution in [2.24, 2.45) is 5.73 Å². The van der Waals surface area contributed by atoms with E-state index in [2.05, 4.69) is 24.3 Å². The first-order valence-corrected chi connectivity index (χ1v) is 6.66. The van der Waals surface area contributed by atoms with Gasteiger partial charge in [-0.3, -0.25) is 0 Å². The number of hydrogen-bond acceptors (Lipinski definition) is 2. The number of nitrogens with two attached hydrogens (primary N) is 1. The van der Waals surface area contributed by atoms with Crippen molar-refractivity contribution in [1.82, 2.24) is 0 Å². The standard InChI is InChI=1S/C16H18ClNO/c1-11(18)9-12-3-5-13(6-4-12)15-10-14(17)7-8-16(15)19-2/h3-8,10-11H,9,18H2,1-2H3. The Hall–Kier alpha value is -1.51. The molecule has 0 fully saturated rings. The van der Waals surface area contributed by atoms with Crippen LogP contribution in [0.1, 0.15) is 12.5 Å². The second-order valence-electron chi connectivity index (χ2n) is 4.72. The number of rotatable bonds is 4. The molecule has 2 nitrogen and oxygen atoms in total. The highest BCUT2D eigenvalue weighted by Crippen LogP contribution is 2.32. The van der Waals surface area contributed by atoms with Crippen LogP contribution in [0.2, 0.25) is 5.02 Å². The second-order valence-corrected chi connectivity index (χ2v) is 5.16. The summed E-state index contributed by atoms with van der Waals surface area (Å²) >= 11 is 6.05. The summed E-state index contributed by atoms with van der Waals surface area (Å²) in [6.07, 6.45) is 0.882. The van der Waals surface area contributed by atoms with Gasteiger partial charge in [0.2, 0.25) is 0 Å². The topological polar surface area (TPSA) is 35.2 Å². The third-order valence-corrected chi connectivity index (χ3v) is 3.22. The van der Waals surface area contributed by atoms with E-state index in [1.54, 1.807) is 7.11 Å². The fraction of sp³-hybridized carbons (Fsp3) is 0.250. The summed E-state index contributed by atoms with van der Waals surface area (Å²) in [7, 11) is 1.66. The van der Waals surface area contributed by atoms with E-state index in [0.717, 1.165) is 23.3 Å². The predicted octanol–water partition coefficient (Wildman–Crippen LogP) is 3.91. The van der Waals surface area contributed by atoms with Gasteiger partial charge in [0.05, 0.1) is 7.11 Å². The summed E-state index contributed by atoms with van der Waals surface area (Å²) in [5, 5.41) is 0.704. The van der Waals surface area contributed by atoms with E-state index in [4.69, 9.17) is 22.1 Å². The van der Waals surface area contributed by atoms with Gasteiger partial charge >= 0.3 is 0 Å². The number of hydrogen-bond donors (Lipinski definition) is 1. The van der Waals surface area contributed by atoms with Crippen molar-refractivity contribution in [2.45, 2.75) is 19.4 Å². The molecule has 0 aliphatic heterocycles. The maximum Gasteiger partial charge on any atom is 0.126 e. The van der Waals surface area contributed by atoms with Crippen LogP contribution in [0.4, 0.5) is 0 Å². The molecule has 1 atom stereocenters. The molecule has 1 unspecified atom stereocenters. The van der Waals surface area contributed by atoms with Crippen LogP contribution in [-0.4, -0.2) is 13.2 Å². The highest BCUT2D eigenvalue weighted by atomic mass is 35.5. The average Bonchev–Trinajstić information content (AvgIpc) is 2.39. The van der Waals surface area contributed by atoms with Crippen LogP contribution in [0.5, 0.6) is 5.75 Å². The largest absolute Gasteiger partial charge is 0.496 e. The van der Waals surface area contributed by atoms with Gasteiger partial charge in [-0.2, -0.15) is 0 Å². The number of benzene rings is 2. The van der Waals surface area contributed by atoms with E-state index in [1.807, 2.05) is 25.1 Å². The molecule has 0 spiro atoms. The molecule has 0 aliphatic rings. The van der Waals surface area contributed by atoms with Crippen LogP contribution in [0.3, 0.4) is 0 Å². The van der Waals surface area contributed by atoms with Crippen LogP contribution in [0.25, 0.3) is 11.1 Å². The van der Waals surface area contributed by atoms with Crippen molar-refractivity contribution >= 4 is 11.6 Å². The minimum atomic E-state index is 0.173. The van der Waals surface area contributed by atoms with Gasteiger partial charge in [0.25, 0.3) is 0 Å². The monoisotopic (exact) mass is 275 g/mol. The third kappa shape index (κ3) is 3.49. The summed E-state index contributed by atoms with van der Waals surface area (Å²) in [5.41, 5.74) is 9.13. The van der Waals surface area contributed by atoms with E-state index in [1.165, 1.54) is 5.56 Å². The molecular formula is C16H18ClNO. The molecule has 0 saturated carbocycles. The van der Waals surface area contributed by atoms with Gasteiger partial charge in [0, 0.05) is 16.6 Å². The first-order valence-electron chi connectivity index (χ1n) is 6.28. The van der Waals surface area contributed by atoms with Gasteiger partial charge < -0.3 is 10.5 Å². The van der Waals surface area contributed by atoms with Gasteiger partial charge in [-0.15, -0.1) is 0 Å². The summed E-state index contributed by atoms with van der Waals surface area (Å²) in [6, 6.07) is 14.1. The number of methoxy groups -OCH3 is 1. The zero-order chi connectivity index (χ0) is 13.8. The Bertz CT molecular complexity index is 549. The summed E-state index contributed by atoms with van der Waals surface area (Å²) in [5.74, 6) is 0.823. The minimum absolute atomic E-state index is 0.173. The van der Waals surface area contributed by atoms with Crippen LogP contribution in [0.15, 0.2) is 42.5 Å². The zero-order valence-electron chi connectivity index (χ0n) is 11.2. The normalized spacial score (nSPS) is 12.2. The Balaban J connectivity index is 2.34. The van der Waals surface area contributed by atoms with Crippen LogP contribution in [-0.2, 0) is 6.42 Å². The third-order valence-electron chi connectivity index (χ3n) is 2.98. The van der Waals surface area contributed by atoms with Crippen molar-refractivity contribution in [3.8, 4) is 16.9 Å². The Labute approximate surface area is 119 Å². The summed E-state index contributed by atoms with van der Waals surface area (Å²) in [6.45, 7) is 2.01. The zero-order valence-corrected chi connectivity index (χ0v) is 11.9. The molecule has 0 aromatic heterocycles. The molecule has 0 radical (unpaired) electrons. The van der Waals surface area contributed by atoms with E-state index >= 15 is 0 Å². The van der Waals surface area contributed by atoms with E-state index in [9.17, 15) is 0 Å². The SMILES string of the molecule is COc1ccc(Cl)cc1-c1ccc(CC(C)N)cc1. The quantitative estimate of drug-likeness (QED) is 0.918. The molecule has 100 valence electrons. The molecule has 0 saturated heterocycles. The molecule has 19 heavy (non-hydrogen) atoms. The molecule has 2 N–H and O–H groups in total. The fourth-order valence-corrected chi connectivity index (χ4v) is 2.27. The van der Waals surface area contributed by atoms with E-state index < -0.39 is 0 Å². The molecule has 2 aromatic rings. The van der Waals surface area contributed by atoms with Crippen molar-refractivity contribution < 1.29 is 4.74 Å². The molecular weight excluding hydrogens is 258 g/mol. The molecule has 2 rings (SSSR count). The fourth-order valence-electron chi connectivity index (χ4n) is 2.10. The van der Waals surface area contributed by atoms with Crippen molar-refractivity contribution in [1.29, 1.82) is 0 Å². The lowest BCUT2D eigenvalue weighted by Crippen LogP contribution is -2.17. The van der Waals surface area contributed by atoms with Crippen molar-refractivity contribution in [2.75, 3.05) is 7.11 Å². The van der Waals surface area contributed by atoms with Crippen LogP contribution < -0.4 is 10.5 Å². The minimum Gasteiger partial charge on any atom is -0.496 e. The molecule has 0 bridgehead atoms. The molecule has 2 aromatic carbocycles. The average molecular weight is 276 g/mol. The molecule has 0 aliphatic carbocycles. The first-order chi connectivity index (χ1) is 9.10. The maximum atomic E-state index is 6.05. The highest BCUT2D eigenvalue weighted by Gasteiger charge is 2.07. The molecule has 0 amide bonds. The Morgan fingerprint density at radius 2 is 1.84 bits per heavy atom. The van der Waals surface area contributed by atoms with Gasteiger partial charge in [-0.25, -0.2) is 0 Å². The predicted molar refractivity (Wildman–Crippen MR) is 80.8 cm³/mol. The van der Waals surface area contributed by atoms with Crippen molar-refractivity contribution in [3.63, 3.8) is 0 Å². The van der Waals surface area contributed by atoms with Crippen LogP contribution >= 0.6 is 11.6 Å². The van der Waals surface area contributed by atoms with E-state index in [0.29, 0.717) is 5.02 Å².